The molecule has 0 bridgehead atoms. The molecule has 0 saturated carbocycles. The van der Waals surface area contributed by atoms with E-state index in [1.54, 1.807) is 6.07 Å². The largest absolute Gasteiger partial charge is 0.459 e. The second-order valence-corrected chi connectivity index (χ2v) is 4.14. The van der Waals surface area contributed by atoms with Crippen molar-refractivity contribution in [3.63, 3.8) is 0 Å². The van der Waals surface area contributed by atoms with E-state index in [4.69, 9.17) is 4.42 Å². The van der Waals surface area contributed by atoms with Crippen molar-refractivity contribution in [1.82, 2.24) is 5.32 Å². The molecule has 0 spiro atoms. The summed E-state index contributed by atoms with van der Waals surface area (Å²) < 4.78 is 19.4. The van der Waals surface area contributed by atoms with Crippen molar-refractivity contribution < 1.29 is 8.81 Å². The molecule has 2 aromatic rings. The zero-order valence-electron chi connectivity index (χ0n) is 10.3. The Balaban J connectivity index is 2.44. The van der Waals surface area contributed by atoms with Crippen LogP contribution in [-0.2, 0) is 0 Å². The molecule has 1 heterocycles. The van der Waals surface area contributed by atoms with Gasteiger partial charge in [-0.15, -0.1) is 0 Å². The van der Waals surface area contributed by atoms with Crippen molar-refractivity contribution in [2.45, 2.75) is 19.9 Å². The maximum atomic E-state index is 13.8. The number of benzene rings is 1. The van der Waals surface area contributed by atoms with Crippen LogP contribution in [0.1, 0.15) is 24.3 Å². The topological polar surface area (TPSA) is 25.2 Å². The first-order chi connectivity index (χ1) is 8.13. The molecule has 0 aliphatic carbocycles. The number of halogens is 1. The van der Waals surface area contributed by atoms with Gasteiger partial charge in [-0.05, 0) is 44.7 Å². The van der Waals surface area contributed by atoms with Crippen LogP contribution < -0.4 is 5.32 Å². The van der Waals surface area contributed by atoms with E-state index >= 15 is 0 Å². The predicted molar refractivity (Wildman–Crippen MR) is 66.3 cm³/mol. The highest BCUT2D eigenvalue weighted by Crippen LogP contribution is 2.29. The van der Waals surface area contributed by atoms with E-state index in [0.717, 1.165) is 11.3 Å². The Labute approximate surface area is 100 Å². The molecule has 3 heteroatoms. The van der Waals surface area contributed by atoms with Gasteiger partial charge in [0.05, 0.1) is 11.6 Å². The first kappa shape index (κ1) is 11.9. The third-order valence-corrected chi connectivity index (χ3v) is 2.95. The quantitative estimate of drug-likeness (QED) is 0.875. The first-order valence-electron chi connectivity index (χ1n) is 5.66. The smallest absolute Gasteiger partial charge is 0.137 e. The lowest BCUT2D eigenvalue weighted by atomic mass is 10.1. The number of nitrogens with one attached hydrogen (secondary N) is 1. The van der Waals surface area contributed by atoms with Crippen LogP contribution in [0.2, 0.25) is 0 Å². The Kier molecular flexibility index (Phi) is 3.29. The molecule has 1 unspecified atom stereocenters. The summed E-state index contributed by atoms with van der Waals surface area (Å²) in [6.45, 7) is 3.87. The Morgan fingerprint density at radius 3 is 2.65 bits per heavy atom. The second-order valence-electron chi connectivity index (χ2n) is 4.14. The molecule has 2 rings (SSSR count). The summed E-state index contributed by atoms with van der Waals surface area (Å²) in [6.07, 6.45) is 0. The SMILES string of the molecule is CNC(C)c1ccc(-c2c(C)cccc2F)o1. The van der Waals surface area contributed by atoms with Gasteiger partial charge < -0.3 is 9.73 Å². The van der Waals surface area contributed by atoms with Gasteiger partial charge in [0.15, 0.2) is 0 Å². The number of furan rings is 1. The highest BCUT2D eigenvalue weighted by Gasteiger charge is 2.14. The fourth-order valence-corrected chi connectivity index (χ4v) is 1.81. The maximum Gasteiger partial charge on any atom is 0.137 e. The van der Waals surface area contributed by atoms with Gasteiger partial charge in [-0.1, -0.05) is 12.1 Å². The van der Waals surface area contributed by atoms with E-state index in [9.17, 15) is 4.39 Å². The minimum absolute atomic E-state index is 0.121. The number of hydrogen-bond donors (Lipinski definition) is 1. The minimum Gasteiger partial charge on any atom is -0.459 e. The molecule has 0 radical (unpaired) electrons. The summed E-state index contributed by atoms with van der Waals surface area (Å²) in [4.78, 5) is 0. The van der Waals surface area contributed by atoms with Crippen molar-refractivity contribution in [2.24, 2.45) is 0 Å². The lowest BCUT2D eigenvalue weighted by Gasteiger charge is -2.07. The van der Waals surface area contributed by atoms with E-state index in [-0.39, 0.29) is 11.9 Å². The summed E-state index contributed by atoms with van der Waals surface area (Å²) >= 11 is 0. The highest BCUT2D eigenvalue weighted by molar-refractivity contribution is 5.62. The molecule has 0 aliphatic heterocycles. The van der Waals surface area contributed by atoms with Crippen molar-refractivity contribution in [3.8, 4) is 11.3 Å². The van der Waals surface area contributed by atoms with Crippen LogP contribution in [0.3, 0.4) is 0 Å². The van der Waals surface area contributed by atoms with Crippen LogP contribution in [0.15, 0.2) is 34.7 Å². The molecular weight excluding hydrogens is 217 g/mol. The molecule has 1 aromatic carbocycles. The maximum absolute atomic E-state index is 13.8. The molecule has 2 nitrogen and oxygen atoms in total. The van der Waals surface area contributed by atoms with Gasteiger partial charge >= 0.3 is 0 Å². The first-order valence-corrected chi connectivity index (χ1v) is 5.66. The van der Waals surface area contributed by atoms with Gasteiger partial charge in [0.2, 0.25) is 0 Å². The number of aryl methyl sites for hydroxylation is 1. The van der Waals surface area contributed by atoms with E-state index in [2.05, 4.69) is 5.32 Å². The van der Waals surface area contributed by atoms with Crippen molar-refractivity contribution >= 4 is 0 Å². The molecule has 1 aromatic heterocycles. The second kappa shape index (κ2) is 4.72. The Bertz CT molecular complexity index is 498. The summed E-state index contributed by atoms with van der Waals surface area (Å²) in [6, 6.07) is 8.84. The molecule has 0 fully saturated rings. The van der Waals surface area contributed by atoms with Crippen LogP contribution in [0, 0.1) is 12.7 Å². The summed E-state index contributed by atoms with van der Waals surface area (Å²) in [5.41, 5.74) is 1.42. The molecule has 90 valence electrons. The summed E-state index contributed by atoms with van der Waals surface area (Å²) in [5, 5.41) is 3.09. The lowest BCUT2D eigenvalue weighted by molar-refractivity contribution is 0.456. The van der Waals surface area contributed by atoms with Crippen LogP contribution in [-0.4, -0.2) is 7.05 Å². The molecule has 0 amide bonds. The van der Waals surface area contributed by atoms with Gasteiger partial charge in [-0.25, -0.2) is 4.39 Å². The standard InChI is InChI=1S/C14H16FNO/c1-9-5-4-6-11(15)14(9)13-8-7-12(17-13)10(2)16-3/h4-8,10,16H,1-3H3. The lowest BCUT2D eigenvalue weighted by Crippen LogP contribution is -2.11. The van der Waals surface area contributed by atoms with Crippen LogP contribution >= 0.6 is 0 Å². The molecule has 17 heavy (non-hydrogen) atoms. The molecular formula is C14H16FNO. The third-order valence-electron chi connectivity index (χ3n) is 2.95. The highest BCUT2D eigenvalue weighted by atomic mass is 19.1. The van der Waals surface area contributed by atoms with Crippen molar-refractivity contribution in [3.05, 3.63) is 47.5 Å². The third kappa shape index (κ3) is 2.24. The van der Waals surface area contributed by atoms with Gasteiger partial charge in [0, 0.05) is 0 Å². The van der Waals surface area contributed by atoms with Gasteiger partial charge in [-0.2, -0.15) is 0 Å². The average Bonchev–Trinajstić information content (AvgIpc) is 2.77. The van der Waals surface area contributed by atoms with Crippen LogP contribution in [0.4, 0.5) is 4.39 Å². The molecule has 1 N–H and O–H groups in total. The van der Waals surface area contributed by atoms with Crippen molar-refractivity contribution in [1.29, 1.82) is 0 Å². The van der Waals surface area contributed by atoms with E-state index in [0.29, 0.717) is 11.3 Å². The fraction of sp³-hybridized carbons (Fsp3) is 0.286. The Hall–Kier alpha value is -1.61. The summed E-state index contributed by atoms with van der Waals surface area (Å²) in [7, 11) is 1.86. The number of hydrogen-bond acceptors (Lipinski definition) is 2. The Morgan fingerprint density at radius 2 is 2.00 bits per heavy atom. The zero-order valence-corrected chi connectivity index (χ0v) is 10.3. The normalized spacial score (nSPS) is 12.7. The predicted octanol–water partition coefficient (Wildman–Crippen LogP) is 3.67. The zero-order chi connectivity index (χ0) is 12.4. The average molecular weight is 233 g/mol. The van der Waals surface area contributed by atoms with E-state index in [1.165, 1.54) is 6.07 Å². The minimum atomic E-state index is -0.247. The van der Waals surface area contributed by atoms with E-state index < -0.39 is 0 Å². The fourth-order valence-electron chi connectivity index (χ4n) is 1.81. The van der Waals surface area contributed by atoms with Crippen molar-refractivity contribution in [2.75, 3.05) is 7.05 Å². The monoisotopic (exact) mass is 233 g/mol. The number of rotatable bonds is 3. The Morgan fingerprint density at radius 1 is 1.24 bits per heavy atom. The van der Waals surface area contributed by atoms with Crippen LogP contribution in [0.5, 0.6) is 0 Å². The molecule has 0 saturated heterocycles. The molecule has 0 aliphatic rings. The molecule has 1 atom stereocenters. The summed E-state index contributed by atoms with van der Waals surface area (Å²) in [5.74, 6) is 1.14. The van der Waals surface area contributed by atoms with Crippen LogP contribution in [0.25, 0.3) is 11.3 Å². The van der Waals surface area contributed by atoms with Gasteiger partial charge in [0.1, 0.15) is 17.3 Å². The van der Waals surface area contributed by atoms with Gasteiger partial charge in [0.25, 0.3) is 0 Å². The van der Waals surface area contributed by atoms with Gasteiger partial charge in [-0.3, -0.25) is 0 Å². The van der Waals surface area contributed by atoms with E-state index in [1.807, 2.05) is 39.1 Å².